The molecule has 1 aromatic heterocycles. The molecule has 0 bridgehead atoms. The van der Waals surface area contributed by atoms with Gasteiger partial charge in [0.25, 0.3) is 5.91 Å². The van der Waals surface area contributed by atoms with Gasteiger partial charge in [-0.15, -0.1) is 0 Å². The van der Waals surface area contributed by atoms with Crippen molar-refractivity contribution in [2.24, 2.45) is 0 Å². The van der Waals surface area contributed by atoms with Crippen molar-refractivity contribution >= 4 is 26.8 Å². The van der Waals surface area contributed by atoms with E-state index in [1.807, 2.05) is 24.3 Å². The summed E-state index contributed by atoms with van der Waals surface area (Å²) in [5, 5.41) is 0. The molecule has 0 aliphatic carbocycles. The normalized spacial score (nSPS) is 16.0. The van der Waals surface area contributed by atoms with E-state index < -0.39 is 9.84 Å². The molecule has 0 unspecified atom stereocenters. The minimum Gasteiger partial charge on any atom is -0.440 e. The largest absolute Gasteiger partial charge is 0.440 e. The van der Waals surface area contributed by atoms with Crippen molar-refractivity contribution in [1.29, 1.82) is 0 Å². The van der Waals surface area contributed by atoms with Crippen LogP contribution in [0.2, 0.25) is 0 Å². The van der Waals surface area contributed by atoms with Gasteiger partial charge in [0.2, 0.25) is 0 Å². The summed E-state index contributed by atoms with van der Waals surface area (Å²) in [4.78, 5) is 19.2. The van der Waals surface area contributed by atoms with Crippen molar-refractivity contribution in [3.63, 3.8) is 0 Å². The van der Waals surface area contributed by atoms with Gasteiger partial charge in [0.15, 0.2) is 21.3 Å². The zero-order valence-electron chi connectivity index (χ0n) is 15.0. The lowest BCUT2D eigenvalue weighted by Gasteiger charge is -2.30. The first-order valence-electron chi connectivity index (χ1n) is 8.87. The topological polar surface area (TPSA) is 80.5 Å². The molecule has 2 heterocycles. The lowest BCUT2D eigenvalue weighted by molar-refractivity contribution is 0.0706. The van der Waals surface area contributed by atoms with Crippen LogP contribution < -0.4 is 0 Å². The fourth-order valence-corrected chi connectivity index (χ4v) is 4.10. The summed E-state index contributed by atoms with van der Waals surface area (Å²) in [6.45, 7) is 1.18. The molecule has 6 nitrogen and oxygen atoms in total. The molecule has 140 valence electrons. The summed E-state index contributed by atoms with van der Waals surface area (Å²) in [5.74, 6) is 0.766. The van der Waals surface area contributed by atoms with Crippen LogP contribution in [0.15, 0.2) is 57.8 Å². The molecule has 2 aromatic carbocycles. The molecule has 0 atom stereocenters. The Balaban J connectivity index is 1.46. The first kappa shape index (κ1) is 17.7. The van der Waals surface area contributed by atoms with E-state index in [0.717, 1.165) is 36.1 Å². The van der Waals surface area contributed by atoms with Crippen LogP contribution in [0.25, 0.3) is 11.1 Å². The second-order valence-electron chi connectivity index (χ2n) is 6.89. The first-order valence-corrected chi connectivity index (χ1v) is 10.8. The Labute approximate surface area is 157 Å². The van der Waals surface area contributed by atoms with Crippen LogP contribution >= 0.6 is 0 Å². The minimum atomic E-state index is -3.34. The molecule has 0 radical (unpaired) electrons. The molecule has 0 saturated carbocycles. The number of amides is 1. The average molecular weight is 384 g/mol. The van der Waals surface area contributed by atoms with Crippen molar-refractivity contribution < 1.29 is 17.6 Å². The van der Waals surface area contributed by atoms with Gasteiger partial charge in [-0.25, -0.2) is 13.4 Å². The van der Waals surface area contributed by atoms with Crippen LogP contribution in [0.1, 0.15) is 35.0 Å². The lowest BCUT2D eigenvalue weighted by Crippen LogP contribution is -2.38. The van der Waals surface area contributed by atoms with E-state index in [1.54, 1.807) is 17.0 Å². The zero-order chi connectivity index (χ0) is 19.0. The maximum absolute atomic E-state index is 12.8. The van der Waals surface area contributed by atoms with Crippen LogP contribution in [0.4, 0.5) is 0 Å². The molecule has 1 aliphatic rings. The Bertz CT molecular complexity index is 1060. The molecule has 0 spiro atoms. The van der Waals surface area contributed by atoms with Gasteiger partial charge in [0.05, 0.1) is 4.90 Å². The van der Waals surface area contributed by atoms with Gasteiger partial charge in [-0.05, 0) is 43.2 Å². The van der Waals surface area contributed by atoms with Crippen molar-refractivity contribution in [2.75, 3.05) is 19.3 Å². The van der Waals surface area contributed by atoms with E-state index in [9.17, 15) is 13.2 Å². The van der Waals surface area contributed by atoms with Crippen LogP contribution in [-0.4, -0.2) is 43.6 Å². The smallest absolute Gasteiger partial charge is 0.253 e. The number of hydrogen-bond donors (Lipinski definition) is 0. The van der Waals surface area contributed by atoms with E-state index in [4.69, 9.17) is 4.42 Å². The predicted octanol–water partition coefficient (Wildman–Crippen LogP) is 3.25. The minimum absolute atomic E-state index is 0.142. The number of piperidine rings is 1. The number of oxazole rings is 1. The van der Waals surface area contributed by atoms with E-state index in [0.29, 0.717) is 18.7 Å². The fraction of sp³-hybridized carbons (Fsp3) is 0.300. The number of nitrogens with zero attached hydrogens (tertiary/aromatic N) is 2. The van der Waals surface area contributed by atoms with Gasteiger partial charge in [0.1, 0.15) is 5.52 Å². The Morgan fingerprint density at radius 1 is 1.11 bits per heavy atom. The van der Waals surface area contributed by atoms with E-state index in [1.165, 1.54) is 12.1 Å². The summed E-state index contributed by atoms with van der Waals surface area (Å²) in [5.41, 5.74) is 2.03. The highest BCUT2D eigenvalue weighted by Crippen LogP contribution is 2.30. The third-order valence-corrected chi connectivity index (χ3v) is 6.06. The number of likely N-dealkylation sites (tertiary alicyclic amines) is 1. The number of fused-ring (bicyclic) bond motifs is 1. The number of para-hydroxylation sites is 2. The molecule has 0 N–H and O–H groups in total. The highest BCUT2D eigenvalue weighted by molar-refractivity contribution is 7.90. The van der Waals surface area contributed by atoms with Crippen LogP contribution in [0, 0.1) is 0 Å². The van der Waals surface area contributed by atoms with Gasteiger partial charge in [-0.2, -0.15) is 0 Å². The fourth-order valence-electron chi connectivity index (χ4n) is 3.44. The Hall–Kier alpha value is -2.67. The quantitative estimate of drug-likeness (QED) is 0.692. The number of carbonyl (C=O) groups is 1. The van der Waals surface area contributed by atoms with Gasteiger partial charge in [-0.3, -0.25) is 4.79 Å². The maximum atomic E-state index is 12.8. The van der Waals surface area contributed by atoms with E-state index >= 15 is 0 Å². The average Bonchev–Trinajstić information content (AvgIpc) is 3.11. The van der Waals surface area contributed by atoms with Crippen LogP contribution in [-0.2, 0) is 9.84 Å². The number of sulfone groups is 1. The predicted molar refractivity (Wildman–Crippen MR) is 101 cm³/mol. The maximum Gasteiger partial charge on any atom is 0.253 e. The summed E-state index contributed by atoms with van der Waals surface area (Å²) in [7, 11) is -3.34. The number of aromatic nitrogens is 1. The summed E-state index contributed by atoms with van der Waals surface area (Å²) in [6, 6.07) is 13.9. The number of benzene rings is 2. The third-order valence-electron chi connectivity index (χ3n) is 4.95. The molecule has 4 rings (SSSR count). The van der Waals surface area contributed by atoms with E-state index in [-0.39, 0.29) is 16.7 Å². The van der Waals surface area contributed by atoms with Crippen molar-refractivity contribution in [1.82, 2.24) is 9.88 Å². The van der Waals surface area contributed by atoms with Gasteiger partial charge < -0.3 is 9.32 Å². The standard InChI is InChI=1S/C20H20N2O4S/c1-27(24,25)16-6-4-5-15(13-16)20(23)22-11-9-14(10-12-22)19-21-17-7-2-3-8-18(17)26-19/h2-8,13-14H,9-12H2,1H3. The summed E-state index contributed by atoms with van der Waals surface area (Å²) >= 11 is 0. The Morgan fingerprint density at radius 2 is 1.85 bits per heavy atom. The second-order valence-corrected chi connectivity index (χ2v) is 8.90. The van der Waals surface area contributed by atoms with Crippen LogP contribution in [0.3, 0.4) is 0 Å². The number of carbonyl (C=O) groups excluding carboxylic acids is 1. The van der Waals surface area contributed by atoms with Gasteiger partial charge in [0, 0.05) is 30.8 Å². The molecule has 27 heavy (non-hydrogen) atoms. The van der Waals surface area contributed by atoms with Crippen molar-refractivity contribution in [3.05, 3.63) is 60.0 Å². The molecular formula is C20H20N2O4S. The zero-order valence-corrected chi connectivity index (χ0v) is 15.8. The summed E-state index contributed by atoms with van der Waals surface area (Å²) < 4.78 is 29.3. The third kappa shape index (κ3) is 3.60. The molecule has 1 aliphatic heterocycles. The molecule has 1 saturated heterocycles. The van der Waals surface area contributed by atoms with Gasteiger partial charge in [-0.1, -0.05) is 18.2 Å². The molecule has 1 amide bonds. The molecule has 1 fully saturated rings. The van der Waals surface area contributed by atoms with Crippen molar-refractivity contribution in [2.45, 2.75) is 23.7 Å². The summed E-state index contributed by atoms with van der Waals surface area (Å²) in [6.07, 6.45) is 2.68. The SMILES string of the molecule is CS(=O)(=O)c1cccc(C(=O)N2CCC(c3nc4ccccc4o3)CC2)c1. The number of hydrogen-bond acceptors (Lipinski definition) is 5. The van der Waals surface area contributed by atoms with Crippen LogP contribution in [0.5, 0.6) is 0 Å². The highest BCUT2D eigenvalue weighted by Gasteiger charge is 2.28. The lowest BCUT2D eigenvalue weighted by atomic mass is 9.96. The van der Waals surface area contributed by atoms with E-state index in [2.05, 4.69) is 4.98 Å². The number of rotatable bonds is 3. The molecular weight excluding hydrogens is 364 g/mol. The Morgan fingerprint density at radius 3 is 2.56 bits per heavy atom. The second kappa shape index (κ2) is 6.81. The van der Waals surface area contributed by atoms with Gasteiger partial charge >= 0.3 is 0 Å². The molecule has 3 aromatic rings. The molecule has 7 heteroatoms. The Kier molecular flexibility index (Phi) is 4.47. The monoisotopic (exact) mass is 384 g/mol. The van der Waals surface area contributed by atoms with Crippen molar-refractivity contribution in [3.8, 4) is 0 Å². The highest BCUT2D eigenvalue weighted by atomic mass is 32.2. The first-order chi connectivity index (χ1) is 12.9.